The molecule has 1 aromatic carbocycles. The molecular formula is C13H12ClN3O. The zero-order valence-electron chi connectivity index (χ0n) is 9.54. The molecule has 3 aromatic rings. The Morgan fingerprint density at radius 1 is 1.17 bits per heavy atom. The fraction of sp³-hybridized carbons (Fsp3) is 0.0769. The molecule has 4 nitrogen and oxygen atoms in total. The molecule has 0 atom stereocenters. The van der Waals surface area contributed by atoms with E-state index in [4.69, 9.17) is 0 Å². The van der Waals surface area contributed by atoms with Crippen LogP contribution in [0.4, 0.5) is 0 Å². The van der Waals surface area contributed by atoms with Crippen LogP contribution < -0.4 is 5.56 Å². The van der Waals surface area contributed by atoms with Crippen LogP contribution in [0.2, 0.25) is 0 Å². The minimum absolute atomic E-state index is 0. The molecule has 92 valence electrons. The van der Waals surface area contributed by atoms with E-state index in [1.807, 2.05) is 47.2 Å². The van der Waals surface area contributed by atoms with Crippen LogP contribution in [0.15, 0.2) is 53.7 Å². The Hall–Kier alpha value is -2.07. The van der Waals surface area contributed by atoms with Crippen LogP contribution in [0, 0.1) is 0 Å². The molecule has 0 saturated heterocycles. The first-order valence-corrected chi connectivity index (χ1v) is 5.41. The van der Waals surface area contributed by atoms with Gasteiger partial charge < -0.3 is 9.55 Å². The summed E-state index contributed by atoms with van der Waals surface area (Å²) in [5, 5.41) is 0. The van der Waals surface area contributed by atoms with E-state index < -0.39 is 0 Å². The second-order valence-electron chi connectivity index (χ2n) is 3.89. The lowest BCUT2D eigenvalue weighted by molar-refractivity contribution is 0.830. The van der Waals surface area contributed by atoms with Crippen molar-refractivity contribution in [3.63, 3.8) is 0 Å². The van der Waals surface area contributed by atoms with Gasteiger partial charge in [0.1, 0.15) is 5.52 Å². The van der Waals surface area contributed by atoms with E-state index in [-0.39, 0.29) is 18.0 Å². The van der Waals surface area contributed by atoms with Gasteiger partial charge in [0.05, 0.1) is 11.8 Å². The number of H-pyrrole nitrogens is 1. The third kappa shape index (κ3) is 2.15. The van der Waals surface area contributed by atoms with Crippen molar-refractivity contribution in [1.82, 2.24) is 14.5 Å². The van der Waals surface area contributed by atoms with Crippen molar-refractivity contribution in [2.75, 3.05) is 0 Å². The first-order valence-electron chi connectivity index (χ1n) is 5.41. The van der Waals surface area contributed by atoms with Crippen LogP contribution in [0.3, 0.4) is 0 Å². The zero-order valence-corrected chi connectivity index (χ0v) is 10.4. The Morgan fingerprint density at radius 3 is 2.72 bits per heavy atom. The molecule has 0 aliphatic rings. The largest absolute Gasteiger partial charge is 0.337 e. The van der Waals surface area contributed by atoms with Crippen molar-refractivity contribution in [2.45, 2.75) is 6.54 Å². The maximum Gasteiger partial charge on any atom is 0.275 e. The molecule has 18 heavy (non-hydrogen) atoms. The molecule has 0 radical (unpaired) electrons. The summed E-state index contributed by atoms with van der Waals surface area (Å²) in [6.45, 7) is 0.680. The number of aromatic nitrogens is 3. The molecule has 0 bridgehead atoms. The smallest absolute Gasteiger partial charge is 0.275 e. The number of fused-ring (bicyclic) bond motifs is 1. The molecule has 2 aromatic heterocycles. The van der Waals surface area contributed by atoms with Crippen LogP contribution in [-0.4, -0.2) is 14.5 Å². The molecule has 0 fully saturated rings. The van der Waals surface area contributed by atoms with Crippen molar-refractivity contribution in [1.29, 1.82) is 0 Å². The predicted molar refractivity (Wildman–Crippen MR) is 73.1 cm³/mol. The van der Waals surface area contributed by atoms with Gasteiger partial charge in [-0.1, -0.05) is 30.3 Å². The van der Waals surface area contributed by atoms with Gasteiger partial charge in [-0.3, -0.25) is 4.79 Å². The van der Waals surface area contributed by atoms with Crippen LogP contribution in [-0.2, 0) is 6.54 Å². The summed E-state index contributed by atoms with van der Waals surface area (Å²) in [5.74, 6) is 0. The van der Waals surface area contributed by atoms with Gasteiger partial charge in [-0.15, -0.1) is 12.4 Å². The second-order valence-corrected chi connectivity index (χ2v) is 3.89. The molecule has 0 spiro atoms. The van der Waals surface area contributed by atoms with Crippen LogP contribution in [0.5, 0.6) is 0 Å². The van der Waals surface area contributed by atoms with Crippen molar-refractivity contribution >= 4 is 23.4 Å². The van der Waals surface area contributed by atoms with E-state index in [2.05, 4.69) is 9.97 Å². The summed E-state index contributed by atoms with van der Waals surface area (Å²) < 4.78 is 1.91. The topological polar surface area (TPSA) is 50.7 Å². The summed E-state index contributed by atoms with van der Waals surface area (Å²) in [6.07, 6.45) is 3.32. The number of hydrogen-bond acceptors (Lipinski definition) is 2. The number of hydrogen-bond donors (Lipinski definition) is 1. The molecular weight excluding hydrogens is 250 g/mol. The van der Waals surface area contributed by atoms with E-state index in [0.717, 1.165) is 11.1 Å². The van der Waals surface area contributed by atoms with Crippen LogP contribution >= 0.6 is 12.4 Å². The SMILES string of the molecule is Cl.O=c1[nH]cnc2ccn(Cc3ccccc3)c12. The van der Waals surface area contributed by atoms with Crippen LogP contribution in [0.1, 0.15) is 5.56 Å². The number of nitrogens with one attached hydrogen (secondary N) is 1. The Labute approximate surface area is 110 Å². The normalized spacial score (nSPS) is 10.2. The average molecular weight is 262 g/mol. The lowest BCUT2D eigenvalue weighted by atomic mass is 10.2. The summed E-state index contributed by atoms with van der Waals surface area (Å²) >= 11 is 0. The van der Waals surface area contributed by atoms with Gasteiger partial charge in [0.2, 0.25) is 0 Å². The van der Waals surface area contributed by atoms with Crippen LogP contribution in [0.25, 0.3) is 11.0 Å². The third-order valence-electron chi connectivity index (χ3n) is 2.75. The highest BCUT2D eigenvalue weighted by atomic mass is 35.5. The Kier molecular flexibility index (Phi) is 3.48. The highest BCUT2D eigenvalue weighted by molar-refractivity contribution is 5.85. The third-order valence-corrected chi connectivity index (χ3v) is 2.75. The van der Waals surface area contributed by atoms with Gasteiger partial charge in [-0.25, -0.2) is 4.98 Å². The number of benzene rings is 1. The van der Waals surface area contributed by atoms with E-state index >= 15 is 0 Å². The quantitative estimate of drug-likeness (QED) is 0.769. The molecule has 3 rings (SSSR count). The first-order chi connectivity index (χ1) is 8.34. The number of nitrogens with zero attached hydrogens (tertiary/aromatic N) is 2. The maximum atomic E-state index is 11.7. The zero-order chi connectivity index (χ0) is 11.7. The van der Waals surface area contributed by atoms with Crippen molar-refractivity contribution in [2.24, 2.45) is 0 Å². The van der Waals surface area contributed by atoms with E-state index in [9.17, 15) is 4.79 Å². The van der Waals surface area contributed by atoms with E-state index in [1.54, 1.807) is 0 Å². The monoisotopic (exact) mass is 261 g/mol. The lowest BCUT2D eigenvalue weighted by Gasteiger charge is -2.04. The van der Waals surface area contributed by atoms with E-state index in [1.165, 1.54) is 6.33 Å². The molecule has 2 heterocycles. The van der Waals surface area contributed by atoms with Gasteiger partial charge >= 0.3 is 0 Å². The van der Waals surface area contributed by atoms with Gasteiger partial charge in [-0.05, 0) is 11.6 Å². The molecule has 0 saturated carbocycles. The predicted octanol–water partition coefficient (Wildman–Crippen LogP) is 2.19. The fourth-order valence-corrected chi connectivity index (χ4v) is 1.95. The molecule has 0 aliphatic carbocycles. The summed E-state index contributed by atoms with van der Waals surface area (Å²) in [5.41, 5.74) is 2.41. The summed E-state index contributed by atoms with van der Waals surface area (Å²) in [4.78, 5) is 18.5. The van der Waals surface area contributed by atoms with Gasteiger partial charge in [0.25, 0.3) is 5.56 Å². The average Bonchev–Trinajstić information content (AvgIpc) is 2.75. The van der Waals surface area contributed by atoms with E-state index in [0.29, 0.717) is 12.1 Å². The Bertz CT molecular complexity index is 703. The highest BCUT2D eigenvalue weighted by Crippen LogP contribution is 2.10. The molecule has 1 N–H and O–H groups in total. The summed E-state index contributed by atoms with van der Waals surface area (Å²) in [7, 11) is 0. The summed E-state index contributed by atoms with van der Waals surface area (Å²) in [6, 6.07) is 11.9. The number of halogens is 1. The molecule has 0 aliphatic heterocycles. The van der Waals surface area contributed by atoms with Gasteiger partial charge in [0.15, 0.2) is 0 Å². The second kappa shape index (κ2) is 5.06. The highest BCUT2D eigenvalue weighted by Gasteiger charge is 2.05. The van der Waals surface area contributed by atoms with Crippen molar-refractivity contribution in [3.8, 4) is 0 Å². The molecule has 5 heteroatoms. The number of aromatic amines is 1. The first kappa shape index (κ1) is 12.4. The Balaban J connectivity index is 0.00000120. The lowest BCUT2D eigenvalue weighted by Crippen LogP contribution is -2.11. The standard InChI is InChI=1S/C13H11N3O.ClH/c17-13-12-11(14-9-15-13)6-7-16(12)8-10-4-2-1-3-5-10;/h1-7,9H,8H2,(H,14,15,17);1H. The maximum absolute atomic E-state index is 11.7. The fourth-order valence-electron chi connectivity index (χ4n) is 1.95. The minimum atomic E-state index is -0.101. The van der Waals surface area contributed by atoms with Gasteiger partial charge in [0, 0.05) is 12.7 Å². The molecule has 0 amide bonds. The van der Waals surface area contributed by atoms with Crippen molar-refractivity contribution in [3.05, 3.63) is 64.8 Å². The van der Waals surface area contributed by atoms with Crippen molar-refractivity contribution < 1.29 is 0 Å². The number of rotatable bonds is 2. The minimum Gasteiger partial charge on any atom is -0.337 e. The van der Waals surface area contributed by atoms with Gasteiger partial charge in [-0.2, -0.15) is 0 Å². The Morgan fingerprint density at radius 2 is 1.94 bits per heavy atom. The molecule has 0 unspecified atom stereocenters.